The molecule has 0 saturated heterocycles. The lowest BCUT2D eigenvalue weighted by atomic mass is 9.91. The fourth-order valence-electron chi connectivity index (χ4n) is 2.16. The summed E-state index contributed by atoms with van der Waals surface area (Å²) in [4.78, 5) is 12.0. The number of hydrogen-bond acceptors (Lipinski definition) is 4. The highest BCUT2D eigenvalue weighted by molar-refractivity contribution is 5.54. The molecule has 1 N–H and O–H groups in total. The minimum atomic E-state index is -0.624. The van der Waals surface area contributed by atoms with Crippen LogP contribution >= 0.6 is 0 Å². The van der Waals surface area contributed by atoms with Gasteiger partial charge in [0, 0.05) is 24.3 Å². The van der Waals surface area contributed by atoms with E-state index < -0.39 is 10.7 Å². The number of aliphatic hydroxyl groups excluding tert-OH is 1. The van der Waals surface area contributed by atoms with Crippen LogP contribution in [0, 0.1) is 15.9 Å². The van der Waals surface area contributed by atoms with Crippen molar-refractivity contribution in [3.05, 3.63) is 34.1 Å². The molecule has 1 aromatic rings. The zero-order chi connectivity index (χ0) is 13.1. The summed E-state index contributed by atoms with van der Waals surface area (Å²) in [5.41, 5.74) is 0.215. The zero-order valence-corrected chi connectivity index (χ0v) is 9.88. The molecule has 1 aliphatic rings. The summed E-state index contributed by atoms with van der Waals surface area (Å²) in [6.07, 6.45) is 3.05. The van der Waals surface area contributed by atoms with Gasteiger partial charge in [-0.2, -0.15) is 0 Å². The van der Waals surface area contributed by atoms with Gasteiger partial charge in [-0.3, -0.25) is 10.1 Å². The first kappa shape index (κ1) is 12.8. The third-order valence-electron chi connectivity index (χ3n) is 3.27. The summed E-state index contributed by atoms with van der Waals surface area (Å²) < 4.78 is 13.4. The fourth-order valence-corrected chi connectivity index (χ4v) is 2.16. The number of anilines is 1. The number of hydrogen-bond donors (Lipinski definition) is 1. The standard InChI is InChI=1S/C12H15FN2O3/c13-9-6-11(8-12(7-9)15(17)18)14(4-5-16)10-2-1-3-10/h6-8,10,16H,1-5H2. The lowest BCUT2D eigenvalue weighted by Gasteiger charge is -2.38. The first-order chi connectivity index (χ1) is 8.61. The van der Waals surface area contributed by atoms with Crippen LogP contribution < -0.4 is 4.90 Å². The maximum Gasteiger partial charge on any atom is 0.274 e. The van der Waals surface area contributed by atoms with Gasteiger partial charge in [0.15, 0.2) is 0 Å². The van der Waals surface area contributed by atoms with Crippen LogP contribution in [0.1, 0.15) is 19.3 Å². The Balaban J connectivity index is 2.30. The van der Waals surface area contributed by atoms with Gasteiger partial charge in [0.05, 0.1) is 17.6 Å². The van der Waals surface area contributed by atoms with Gasteiger partial charge in [0.25, 0.3) is 5.69 Å². The van der Waals surface area contributed by atoms with Gasteiger partial charge in [-0.15, -0.1) is 0 Å². The molecule has 98 valence electrons. The van der Waals surface area contributed by atoms with Crippen LogP contribution in [0.2, 0.25) is 0 Å². The van der Waals surface area contributed by atoms with Crippen LogP contribution in [-0.2, 0) is 0 Å². The number of halogens is 1. The second-order valence-corrected chi connectivity index (χ2v) is 4.43. The monoisotopic (exact) mass is 254 g/mol. The molecule has 0 heterocycles. The summed E-state index contributed by atoms with van der Waals surface area (Å²) in [6, 6.07) is 3.79. The molecule has 0 radical (unpaired) electrons. The number of nitro benzene ring substituents is 1. The van der Waals surface area contributed by atoms with Crippen molar-refractivity contribution in [2.45, 2.75) is 25.3 Å². The summed E-state index contributed by atoms with van der Waals surface area (Å²) in [7, 11) is 0. The van der Waals surface area contributed by atoms with E-state index in [4.69, 9.17) is 5.11 Å². The van der Waals surface area contributed by atoms with E-state index in [-0.39, 0.29) is 18.3 Å². The molecule has 0 bridgehead atoms. The highest BCUT2D eigenvalue weighted by Gasteiger charge is 2.26. The Morgan fingerprint density at radius 3 is 2.67 bits per heavy atom. The van der Waals surface area contributed by atoms with Crippen LogP contribution in [0.15, 0.2) is 18.2 Å². The summed E-state index contributed by atoms with van der Waals surface area (Å²) in [5.74, 6) is -0.624. The number of nitrogens with zero attached hydrogens (tertiary/aromatic N) is 2. The summed E-state index contributed by atoms with van der Waals surface area (Å²) in [5, 5.41) is 19.8. The number of nitro groups is 1. The molecular formula is C12H15FN2O3. The van der Waals surface area contributed by atoms with Crippen molar-refractivity contribution >= 4 is 11.4 Å². The Labute approximate surface area is 104 Å². The predicted octanol–water partition coefficient (Wildman–Crippen LogP) is 2.09. The number of benzene rings is 1. The van der Waals surface area contributed by atoms with Gasteiger partial charge in [0.1, 0.15) is 5.82 Å². The maximum atomic E-state index is 13.4. The Morgan fingerprint density at radius 2 is 2.17 bits per heavy atom. The van der Waals surface area contributed by atoms with Crippen molar-refractivity contribution < 1.29 is 14.4 Å². The molecule has 2 rings (SSSR count). The van der Waals surface area contributed by atoms with Crippen molar-refractivity contribution in [1.29, 1.82) is 0 Å². The van der Waals surface area contributed by atoms with Crippen LogP contribution in [0.4, 0.5) is 15.8 Å². The van der Waals surface area contributed by atoms with Crippen molar-refractivity contribution in [1.82, 2.24) is 0 Å². The fraction of sp³-hybridized carbons (Fsp3) is 0.500. The van der Waals surface area contributed by atoms with Crippen molar-refractivity contribution in [2.75, 3.05) is 18.1 Å². The largest absolute Gasteiger partial charge is 0.395 e. The molecule has 0 spiro atoms. The van der Waals surface area contributed by atoms with Gasteiger partial charge in [-0.05, 0) is 25.3 Å². The molecule has 1 saturated carbocycles. The van der Waals surface area contributed by atoms with Gasteiger partial charge in [0.2, 0.25) is 0 Å². The highest BCUT2D eigenvalue weighted by atomic mass is 19.1. The molecule has 1 fully saturated rings. The number of non-ortho nitro benzene ring substituents is 1. The Hall–Kier alpha value is -1.69. The van der Waals surface area contributed by atoms with E-state index in [1.807, 2.05) is 4.90 Å². The second kappa shape index (κ2) is 5.30. The number of aliphatic hydroxyl groups is 1. The van der Waals surface area contributed by atoms with Crippen LogP contribution in [0.5, 0.6) is 0 Å². The van der Waals surface area contributed by atoms with Gasteiger partial charge >= 0.3 is 0 Å². The predicted molar refractivity (Wildman–Crippen MR) is 65.1 cm³/mol. The molecule has 18 heavy (non-hydrogen) atoms. The van der Waals surface area contributed by atoms with E-state index in [0.29, 0.717) is 12.2 Å². The van der Waals surface area contributed by atoms with E-state index in [9.17, 15) is 14.5 Å². The lowest BCUT2D eigenvalue weighted by Crippen LogP contribution is -2.42. The number of rotatable bonds is 5. The van der Waals surface area contributed by atoms with Gasteiger partial charge in [-0.1, -0.05) is 0 Å². The molecule has 0 aliphatic heterocycles. The molecule has 1 aromatic carbocycles. The van der Waals surface area contributed by atoms with Crippen molar-refractivity contribution in [2.24, 2.45) is 0 Å². The molecule has 0 unspecified atom stereocenters. The third kappa shape index (κ3) is 2.59. The summed E-state index contributed by atoms with van der Waals surface area (Å²) in [6.45, 7) is 0.312. The summed E-state index contributed by atoms with van der Waals surface area (Å²) >= 11 is 0. The van der Waals surface area contributed by atoms with E-state index in [1.54, 1.807) is 0 Å². The van der Waals surface area contributed by atoms with Crippen molar-refractivity contribution in [3.63, 3.8) is 0 Å². The Bertz CT molecular complexity index is 449. The topological polar surface area (TPSA) is 66.6 Å². The highest BCUT2D eigenvalue weighted by Crippen LogP contribution is 2.31. The van der Waals surface area contributed by atoms with E-state index in [2.05, 4.69) is 0 Å². The molecule has 5 nitrogen and oxygen atoms in total. The molecule has 6 heteroatoms. The Kier molecular flexibility index (Phi) is 3.76. The molecule has 0 amide bonds. The average molecular weight is 254 g/mol. The maximum absolute atomic E-state index is 13.4. The second-order valence-electron chi connectivity index (χ2n) is 4.43. The quantitative estimate of drug-likeness (QED) is 0.645. The van der Waals surface area contributed by atoms with Gasteiger partial charge in [-0.25, -0.2) is 4.39 Å². The average Bonchev–Trinajstić information content (AvgIpc) is 2.25. The SMILES string of the molecule is O=[N+]([O-])c1cc(F)cc(N(CCO)C2CCC2)c1. The molecule has 0 atom stereocenters. The van der Waals surface area contributed by atoms with Crippen LogP contribution in [0.3, 0.4) is 0 Å². The lowest BCUT2D eigenvalue weighted by molar-refractivity contribution is -0.385. The van der Waals surface area contributed by atoms with Gasteiger partial charge < -0.3 is 10.0 Å². The molecular weight excluding hydrogens is 239 g/mol. The van der Waals surface area contributed by atoms with Crippen molar-refractivity contribution in [3.8, 4) is 0 Å². The zero-order valence-electron chi connectivity index (χ0n) is 9.88. The Morgan fingerprint density at radius 1 is 1.44 bits per heavy atom. The van der Waals surface area contributed by atoms with Crippen LogP contribution in [-0.4, -0.2) is 29.2 Å². The molecule has 0 aromatic heterocycles. The third-order valence-corrected chi connectivity index (χ3v) is 3.27. The van der Waals surface area contributed by atoms with E-state index >= 15 is 0 Å². The first-order valence-electron chi connectivity index (χ1n) is 5.94. The first-order valence-corrected chi connectivity index (χ1v) is 5.94. The minimum absolute atomic E-state index is 0.0548. The minimum Gasteiger partial charge on any atom is -0.395 e. The van der Waals surface area contributed by atoms with Crippen LogP contribution in [0.25, 0.3) is 0 Å². The normalized spacial score (nSPS) is 15.2. The molecule has 1 aliphatic carbocycles. The van der Waals surface area contributed by atoms with E-state index in [0.717, 1.165) is 25.3 Å². The smallest absolute Gasteiger partial charge is 0.274 e. The van der Waals surface area contributed by atoms with E-state index in [1.165, 1.54) is 12.1 Å².